The molecule has 6 heteroatoms. The number of benzene rings is 3. The minimum Gasteiger partial charge on any atom is -0.508 e. The zero-order valence-corrected chi connectivity index (χ0v) is 19.9. The normalized spacial score (nSPS) is 12.2. The number of ether oxygens (including phenoxy) is 1. The van der Waals surface area contributed by atoms with Crippen LogP contribution in [0.2, 0.25) is 0 Å². The zero-order valence-electron chi connectivity index (χ0n) is 19.9. The summed E-state index contributed by atoms with van der Waals surface area (Å²) in [6.07, 6.45) is 0.233. The highest BCUT2D eigenvalue weighted by Gasteiger charge is 2.17. The Bertz CT molecular complexity index is 1110. The third-order valence-corrected chi connectivity index (χ3v) is 4.97. The Hall–Kier alpha value is -4.19. The molecule has 2 N–H and O–H groups in total. The van der Waals surface area contributed by atoms with Gasteiger partial charge in [0.2, 0.25) is 5.91 Å². The molecule has 0 spiro atoms. The zero-order chi connectivity index (χ0) is 24.9. The van der Waals surface area contributed by atoms with Crippen molar-refractivity contribution < 1.29 is 14.6 Å². The van der Waals surface area contributed by atoms with Gasteiger partial charge in [-0.25, -0.2) is 0 Å². The van der Waals surface area contributed by atoms with Gasteiger partial charge in [-0.3, -0.25) is 14.8 Å². The first kappa shape index (κ1) is 26.1. The van der Waals surface area contributed by atoms with E-state index in [1.165, 1.54) is 0 Å². The second-order valence-corrected chi connectivity index (χ2v) is 7.26. The topological polar surface area (TPSA) is 83.3 Å². The molecule has 0 fully saturated rings. The molecule has 0 aliphatic rings. The fraction of sp³-hybridized carbons (Fsp3) is 0.179. The largest absolute Gasteiger partial charge is 0.508 e. The van der Waals surface area contributed by atoms with E-state index in [1.54, 1.807) is 38.4 Å². The Morgan fingerprint density at radius 2 is 1.62 bits per heavy atom. The Morgan fingerprint density at radius 1 is 1.00 bits per heavy atom. The van der Waals surface area contributed by atoms with Crippen LogP contribution in [-0.4, -0.2) is 36.7 Å². The fourth-order valence-electron chi connectivity index (χ4n) is 3.22. The lowest BCUT2D eigenvalue weighted by molar-refractivity contribution is -0.119. The maximum Gasteiger partial charge on any atom is 0.229 e. The molecule has 0 aliphatic carbocycles. The summed E-state index contributed by atoms with van der Waals surface area (Å²) in [5.74, 6) is 1.12. The third kappa shape index (κ3) is 7.45. The molecule has 0 saturated heterocycles. The monoisotopic (exact) mass is 457 g/mol. The highest BCUT2D eigenvalue weighted by atomic mass is 16.5. The molecule has 0 bridgehead atoms. The van der Waals surface area contributed by atoms with E-state index >= 15 is 0 Å². The average molecular weight is 458 g/mol. The first-order valence-corrected chi connectivity index (χ1v) is 10.8. The summed E-state index contributed by atoms with van der Waals surface area (Å²) < 4.78 is 5.23. The van der Waals surface area contributed by atoms with Gasteiger partial charge in [0.05, 0.1) is 19.6 Å². The SMILES string of the molecule is C=C.CN=C(NC(=O)Cc1ccccc1)C(=NC(C)c1ccc(OC)cc1)c1ccc(O)cc1. The number of carbonyl (C=O) groups is 1. The summed E-state index contributed by atoms with van der Waals surface area (Å²) >= 11 is 0. The van der Waals surface area contributed by atoms with E-state index in [4.69, 9.17) is 9.73 Å². The molecule has 1 atom stereocenters. The van der Waals surface area contributed by atoms with Crippen molar-refractivity contribution in [3.05, 3.63) is 109 Å². The lowest BCUT2D eigenvalue weighted by atomic mass is 10.1. The van der Waals surface area contributed by atoms with Crippen LogP contribution in [0.5, 0.6) is 11.5 Å². The van der Waals surface area contributed by atoms with E-state index < -0.39 is 0 Å². The number of methoxy groups -OCH3 is 1. The molecule has 176 valence electrons. The molecule has 3 aromatic carbocycles. The lowest BCUT2D eigenvalue weighted by Crippen LogP contribution is -2.38. The molecule has 1 unspecified atom stereocenters. The number of nitrogens with one attached hydrogen (secondary N) is 1. The van der Waals surface area contributed by atoms with Crippen molar-refractivity contribution in [2.45, 2.75) is 19.4 Å². The van der Waals surface area contributed by atoms with Crippen molar-refractivity contribution in [2.24, 2.45) is 9.98 Å². The Kier molecular flexibility index (Phi) is 10.3. The number of nitrogens with zero attached hydrogens (tertiary/aromatic N) is 2. The van der Waals surface area contributed by atoms with E-state index in [0.717, 1.165) is 22.4 Å². The van der Waals surface area contributed by atoms with Crippen LogP contribution in [0, 0.1) is 0 Å². The Labute approximate surface area is 201 Å². The van der Waals surface area contributed by atoms with E-state index in [9.17, 15) is 9.90 Å². The molecule has 0 radical (unpaired) electrons. The summed E-state index contributed by atoms with van der Waals surface area (Å²) in [7, 11) is 3.24. The van der Waals surface area contributed by atoms with Gasteiger partial charge in [0.15, 0.2) is 5.84 Å². The van der Waals surface area contributed by atoms with Gasteiger partial charge in [-0.15, -0.1) is 13.2 Å². The van der Waals surface area contributed by atoms with Crippen molar-refractivity contribution in [3.63, 3.8) is 0 Å². The van der Waals surface area contributed by atoms with Crippen LogP contribution in [0.25, 0.3) is 0 Å². The van der Waals surface area contributed by atoms with Crippen molar-refractivity contribution in [2.75, 3.05) is 14.2 Å². The molecule has 6 nitrogen and oxygen atoms in total. The quantitative estimate of drug-likeness (QED) is 0.293. The molecule has 34 heavy (non-hydrogen) atoms. The summed E-state index contributed by atoms with van der Waals surface area (Å²) in [5, 5.41) is 12.6. The number of phenols is 1. The summed E-state index contributed by atoms with van der Waals surface area (Å²) in [6.45, 7) is 7.97. The van der Waals surface area contributed by atoms with Crippen molar-refractivity contribution in [3.8, 4) is 11.5 Å². The first-order valence-electron chi connectivity index (χ1n) is 10.8. The number of aliphatic imine (C=N–C) groups is 2. The van der Waals surface area contributed by atoms with E-state index in [0.29, 0.717) is 11.5 Å². The van der Waals surface area contributed by atoms with E-state index in [1.807, 2.05) is 61.5 Å². The summed E-state index contributed by atoms with van der Waals surface area (Å²) in [6, 6.07) is 23.7. The molecular weight excluding hydrogens is 426 g/mol. The molecular formula is C28H31N3O3. The van der Waals surface area contributed by atoms with Crippen LogP contribution < -0.4 is 10.1 Å². The van der Waals surface area contributed by atoms with E-state index in [2.05, 4.69) is 23.5 Å². The maximum absolute atomic E-state index is 12.7. The van der Waals surface area contributed by atoms with Crippen LogP contribution >= 0.6 is 0 Å². The van der Waals surface area contributed by atoms with Crippen molar-refractivity contribution in [1.82, 2.24) is 5.32 Å². The van der Waals surface area contributed by atoms with Crippen LogP contribution in [0.4, 0.5) is 0 Å². The maximum atomic E-state index is 12.7. The molecule has 0 aromatic heterocycles. The molecule has 3 aromatic rings. The van der Waals surface area contributed by atoms with Gasteiger partial charge < -0.3 is 15.2 Å². The van der Waals surface area contributed by atoms with Crippen molar-refractivity contribution >= 4 is 17.5 Å². The van der Waals surface area contributed by atoms with Gasteiger partial charge in [0.25, 0.3) is 0 Å². The molecule has 0 heterocycles. The number of rotatable bonds is 7. The summed E-state index contributed by atoms with van der Waals surface area (Å²) in [5.41, 5.74) is 3.18. The number of hydrogen-bond acceptors (Lipinski definition) is 5. The van der Waals surface area contributed by atoms with Crippen LogP contribution in [0.15, 0.2) is 102 Å². The van der Waals surface area contributed by atoms with Gasteiger partial charge in [0.1, 0.15) is 17.2 Å². The lowest BCUT2D eigenvalue weighted by Gasteiger charge is -2.15. The average Bonchev–Trinajstić information content (AvgIpc) is 2.88. The number of carbonyl (C=O) groups excluding carboxylic acids is 1. The summed E-state index contributed by atoms with van der Waals surface area (Å²) in [4.78, 5) is 21.9. The van der Waals surface area contributed by atoms with Gasteiger partial charge >= 0.3 is 0 Å². The smallest absolute Gasteiger partial charge is 0.229 e. The van der Waals surface area contributed by atoms with Gasteiger partial charge in [0, 0.05) is 12.6 Å². The number of hydrogen-bond donors (Lipinski definition) is 2. The van der Waals surface area contributed by atoms with Crippen LogP contribution in [0.1, 0.15) is 29.7 Å². The Morgan fingerprint density at radius 3 is 2.18 bits per heavy atom. The number of phenolic OH excluding ortho intramolecular Hbond substituents is 1. The second kappa shape index (κ2) is 13.4. The third-order valence-electron chi connectivity index (χ3n) is 4.97. The van der Waals surface area contributed by atoms with Gasteiger partial charge in [-0.2, -0.15) is 0 Å². The van der Waals surface area contributed by atoms with Gasteiger partial charge in [-0.1, -0.05) is 42.5 Å². The van der Waals surface area contributed by atoms with Crippen LogP contribution in [-0.2, 0) is 11.2 Å². The van der Waals surface area contributed by atoms with Gasteiger partial charge in [-0.05, 0) is 54.4 Å². The second-order valence-electron chi connectivity index (χ2n) is 7.26. The number of amidine groups is 1. The molecule has 0 aliphatic heterocycles. The Balaban J connectivity index is 0.00000199. The highest BCUT2D eigenvalue weighted by molar-refractivity contribution is 6.49. The first-order chi connectivity index (χ1) is 16.5. The number of amides is 1. The predicted octanol–water partition coefficient (Wildman–Crippen LogP) is 5.14. The standard InChI is InChI=1S/C26H27N3O3.C2H4/c1-18(20-11-15-23(32-3)16-12-20)28-25(21-9-13-22(30)14-10-21)26(27-2)29-24(31)17-19-7-5-4-6-8-19;1-2/h4-16,18,30H,17H2,1-3H3,(H,27,29,31);1-2H2. The molecule has 0 saturated carbocycles. The van der Waals surface area contributed by atoms with Crippen LogP contribution in [0.3, 0.4) is 0 Å². The molecule has 1 amide bonds. The molecule has 3 rings (SSSR count). The minimum absolute atomic E-state index is 0.152. The fourth-order valence-corrected chi connectivity index (χ4v) is 3.22. The minimum atomic E-state index is -0.201. The number of aromatic hydroxyl groups is 1. The van der Waals surface area contributed by atoms with E-state index in [-0.39, 0.29) is 24.1 Å². The van der Waals surface area contributed by atoms with Crippen molar-refractivity contribution in [1.29, 1.82) is 0 Å². The highest BCUT2D eigenvalue weighted by Crippen LogP contribution is 2.22. The predicted molar refractivity (Wildman–Crippen MR) is 139 cm³/mol.